The second-order valence-corrected chi connectivity index (χ2v) is 4.89. The molecule has 0 saturated heterocycles. The smallest absolute Gasteiger partial charge is 0.0672 e. The fraction of sp³-hybridized carbons (Fsp3) is 0.125. The zero-order valence-electron chi connectivity index (χ0n) is 11.1. The van der Waals surface area contributed by atoms with Crippen LogP contribution in [-0.4, -0.2) is 4.98 Å². The van der Waals surface area contributed by atoms with Gasteiger partial charge >= 0.3 is 0 Å². The van der Waals surface area contributed by atoms with Gasteiger partial charge in [0.15, 0.2) is 0 Å². The maximum absolute atomic E-state index is 6.06. The van der Waals surface area contributed by atoms with Crippen LogP contribution in [0.4, 0.5) is 17.1 Å². The summed E-state index contributed by atoms with van der Waals surface area (Å²) in [5, 5.41) is 4.61. The predicted molar refractivity (Wildman–Crippen MR) is 81.9 cm³/mol. The van der Waals surface area contributed by atoms with Crippen LogP contribution in [0.5, 0.6) is 0 Å². The van der Waals surface area contributed by atoms with E-state index < -0.39 is 0 Å². The van der Waals surface area contributed by atoms with Crippen molar-refractivity contribution in [3.8, 4) is 0 Å². The summed E-state index contributed by atoms with van der Waals surface area (Å²) in [4.78, 5) is 3.37. The lowest BCUT2D eigenvalue weighted by Crippen LogP contribution is -1.97. The van der Waals surface area contributed by atoms with E-state index in [1.165, 1.54) is 10.9 Å². The van der Waals surface area contributed by atoms with Crippen molar-refractivity contribution in [1.29, 1.82) is 0 Å². The molecule has 0 aliphatic rings. The van der Waals surface area contributed by atoms with Crippen LogP contribution in [-0.2, 0) is 0 Å². The zero-order chi connectivity index (χ0) is 13.4. The Hall–Kier alpha value is -2.42. The monoisotopic (exact) mass is 251 g/mol. The van der Waals surface area contributed by atoms with Crippen molar-refractivity contribution in [2.45, 2.75) is 13.8 Å². The highest BCUT2D eigenvalue weighted by Gasteiger charge is 2.09. The molecule has 3 nitrogen and oxygen atoms in total. The first-order chi connectivity index (χ1) is 9.15. The first-order valence-corrected chi connectivity index (χ1v) is 6.35. The Labute approximate surface area is 112 Å². The number of H-pyrrole nitrogens is 1. The van der Waals surface area contributed by atoms with Crippen molar-refractivity contribution >= 4 is 28.0 Å². The number of nitrogens with one attached hydrogen (secondary N) is 2. The minimum atomic E-state index is 0.768. The highest BCUT2D eigenvalue weighted by molar-refractivity contribution is 5.96. The molecule has 3 rings (SSSR count). The Morgan fingerprint density at radius 2 is 1.84 bits per heavy atom. The van der Waals surface area contributed by atoms with Gasteiger partial charge in [-0.3, -0.25) is 0 Å². The van der Waals surface area contributed by atoms with Crippen LogP contribution in [0.3, 0.4) is 0 Å². The van der Waals surface area contributed by atoms with E-state index >= 15 is 0 Å². The molecule has 0 radical (unpaired) electrons. The molecule has 0 amide bonds. The van der Waals surface area contributed by atoms with Crippen LogP contribution in [0, 0.1) is 13.8 Å². The van der Waals surface area contributed by atoms with Gasteiger partial charge in [-0.1, -0.05) is 24.3 Å². The number of aromatic nitrogens is 1. The lowest BCUT2D eigenvalue weighted by Gasteiger charge is -2.10. The van der Waals surface area contributed by atoms with Gasteiger partial charge in [0.1, 0.15) is 0 Å². The quantitative estimate of drug-likeness (QED) is 0.600. The molecule has 0 fully saturated rings. The van der Waals surface area contributed by atoms with Gasteiger partial charge in [-0.15, -0.1) is 0 Å². The Balaban J connectivity index is 2.08. The number of para-hydroxylation sites is 1. The third kappa shape index (κ3) is 2.03. The molecule has 0 aliphatic heterocycles. The number of anilines is 3. The topological polar surface area (TPSA) is 53.8 Å². The third-order valence-corrected chi connectivity index (χ3v) is 3.36. The van der Waals surface area contributed by atoms with E-state index in [1.807, 2.05) is 31.2 Å². The van der Waals surface area contributed by atoms with Crippen molar-refractivity contribution in [2.75, 3.05) is 11.1 Å². The number of fused-ring (bicyclic) bond motifs is 1. The molecule has 4 N–H and O–H groups in total. The van der Waals surface area contributed by atoms with Gasteiger partial charge in [0.25, 0.3) is 0 Å². The zero-order valence-corrected chi connectivity index (χ0v) is 11.1. The fourth-order valence-corrected chi connectivity index (χ4v) is 2.37. The van der Waals surface area contributed by atoms with Crippen molar-refractivity contribution in [3.05, 3.63) is 53.7 Å². The van der Waals surface area contributed by atoms with Gasteiger partial charge in [0, 0.05) is 16.6 Å². The predicted octanol–water partition coefficient (Wildman–Crippen LogP) is 4.11. The molecule has 19 heavy (non-hydrogen) atoms. The molecule has 96 valence electrons. The van der Waals surface area contributed by atoms with Crippen LogP contribution in [0.25, 0.3) is 10.9 Å². The van der Waals surface area contributed by atoms with Gasteiger partial charge in [0.2, 0.25) is 0 Å². The van der Waals surface area contributed by atoms with E-state index in [0.29, 0.717) is 0 Å². The minimum absolute atomic E-state index is 0.768. The summed E-state index contributed by atoms with van der Waals surface area (Å²) < 4.78 is 0. The molecule has 3 aromatic rings. The van der Waals surface area contributed by atoms with E-state index in [0.717, 1.165) is 28.3 Å². The van der Waals surface area contributed by atoms with Crippen molar-refractivity contribution in [1.82, 2.24) is 4.98 Å². The maximum Gasteiger partial charge on any atom is 0.0672 e. The number of benzene rings is 2. The molecule has 0 saturated carbocycles. The molecule has 0 unspecified atom stereocenters. The summed E-state index contributed by atoms with van der Waals surface area (Å²) in [7, 11) is 0. The molecule has 2 aromatic carbocycles. The molecular weight excluding hydrogens is 234 g/mol. The second kappa shape index (κ2) is 4.35. The Bertz CT molecular complexity index is 741. The maximum atomic E-state index is 6.06. The molecule has 0 aliphatic carbocycles. The normalized spacial score (nSPS) is 10.8. The van der Waals surface area contributed by atoms with Crippen LogP contribution in [0.1, 0.15) is 11.3 Å². The summed E-state index contributed by atoms with van der Waals surface area (Å²) in [6, 6.07) is 14.3. The highest BCUT2D eigenvalue weighted by Crippen LogP contribution is 2.32. The summed E-state index contributed by atoms with van der Waals surface area (Å²) in [6.45, 7) is 4.10. The lowest BCUT2D eigenvalue weighted by atomic mass is 10.1. The number of aryl methyl sites for hydroxylation is 2. The van der Waals surface area contributed by atoms with E-state index in [-0.39, 0.29) is 0 Å². The first-order valence-electron chi connectivity index (χ1n) is 6.35. The van der Waals surface area contributed by atoms with Crippen LogP contribution < -0.4 is 11.1 Å². The van der Waals surface area contributed by atoms with Crippen LogP contribution in [0.2, 0.25) is 0 Å². The lowest BCUT2D eigenvalue weighted by molar-refractivity contribution is 1.29. The molecule has 3 heteroatoms. The van der Waals surface area contributed by atoms with E-state index in [9.17, 15) is 0 Å². The average molecular weight is 251 g/mol. The van der Waals surface area contributed by atoms with Crippen molar-refractivity contribution in [3.63, 3.8) is 0 Å². The van der Waals surface area contributed by atoms with Gasteiger partial charge in [-0.25, -0.2) is 0 Å². The van der Waals surface area contributed by atoms with Crippen molar-refractivity contribution < 1.29 is 0 Å². The summed E-state index contributed by atoms with van der Waals surface area (Å²) in [5.74, 6) is 0. The first kappa shape index (κ1) is 11.7. The molecule has 0 atom stereocenters. The van der Waals surface area contributed by atoms with Gasteiger partial charge in [-0.2, -0.15) is 0 Å². The van der Waals surface area contributed by atoms with E-state index in [4.69, 9.17) is 5.73 Å². The summed E-state index contributed by atoms with van der Waals surface area (Å²) in [6.07, 6.45) is 0. The Morgan fingerprint density at radius 3 is 2.63 bits per heavy atom. The van der Waals surface area contributed by atoms with Crippen molar-refractivity contribution in [2.24, 2.45) is 0 Å². The molecule has 0 spiro atoms. The minimum Gasteiger partial charge on any atom is -0.397 e. The van der Waals surface area contributed by atoms with Crippen LogP contribution >= 0.6 is 0 Å². The molecule has 0 bridgehead atoms. The van der Waals surface area contributed by atoms with E-state index in [2.05, 4.69) is 35.4 Å². The SMILES string of the molecule is Cc1ccc(Nc2c(C)[nH]c3ccccc23)c(N)c1. The standard InChI is InChI=1S/C16H17N3/c1-10-7-8-15(13(17)9-10)19-16-11(2)18-14-6-4-3-5-12(14)16/h3-9,18-19H,17H2,1-2H3. The Kier molecular flexibility index (Phi) is 2.67. The Morgan fingerprint density at radius 1 is 1.05 bits per heavy atom. The average Bonchev–Trinajstić information content (AvgIpc) is 2.69. The number of hydrogen-bond donors (Lipinski definition) is 3. The van der Waals surface area contributed by atoms with Gasteiger partial charge in [0.05, 0.1) is 17.1 Å². The number of nitrogens with two attached hydrogens (primary N) is 1. The number of hydrogen-bond acceptors (Lipinski definition) is 2. The van der Waals surface area contributed by atoms with Crippen LogP contribution in [0.15, 0.2) is 42.5 Å². The molecule has 1 heterocycles. The third-order valence-electron chi connectivity index (χ3n) is 3.36. The number of aromatic amines is 1. The highest BCUT2D eigenvalue weighted by atomic mass is 14.9. The summed E-state index contributed by atoms with van der Waals surface area (Å²) in [5.41, 5.74) is 12.3. The molecular formula is C16H17N3. The van der Waals surface area contributed by atoms with Gasteiger partial charge < -0.3 is 16.0 Å². The van der Waals surface area contributed by atoms with Gasteiger partial charge in [-0.05, 0) is 37.6 Å². The molecule has 1 aromatic heterocycles. The number of nitrogen functional groups attached to an aromatic ring is 1. The fourth-order valence-electron chi connectivity index (χ4n) is 2.37. The number of rotatable bonds is 2. The second-order valence-electron chi connectivity index (χ2n) is 4.89. The van der Waals surface area contributed by atoms with E-state index in [1.54, 1.807) is 0 Å². The summed E-state index contributed by atoms with van der Waals surface area (Å²) >= 11 is 0. The largest absolute Gasteiger partial charge is 0.397 e.